The van der Waals surface area contributed by atoms with E-state index in [0.29, 0.717) is 13.2 Å². The number of aromatic nitrogens is 1. The van der Waals surface area contributed by atoms with Gasteiger partial charge in [0.25, 0.3) is 0 Å². The van der Waals surface area contributed by atoms with Gasteiger partial charge in [0.15, 0.2) is 0 Å². The summed E-state index contributed by atoms with van der Waals surface area (Å²) in [7, 11) is 0. The summed E-state index contributed by atoms with van der Waals surface area (Å²) in [6.45, 7) is 2.23. The van der Waals surface area contributed by atoms with Crippen LogP contribution < -0.4 is 5.73 Å². The zero-order valence-corrected chi connectivity index (χ0v) is 7.62. The molecule has 0 aromatic carbocycles. The average molecular weight is 178 g/mol. The number of fused-ring (bicyclic) bond motifs is 1. The molecule has 0 saturated carbocycles. The Morgan fingerprint density at radius 1 is 1.46 bits per heavy atom. The van der Waals surface area contributed by atoms with Gasteiger partial charge >= 0.3 is 0 Å². The molecule has 0 fully saturated rings. The first-order valence-corrected chi connectivity index (χ1v) is 4.64. The van der Waals surface area contributed by atoms with E-state index < -0.39 is 0 Å². The molecule has 1 aromatic heterocycles. The molecule has 0 spiro atoms. The molecular formula is C10H14N2O. The van der Waals surface area contributed by atoms with Gasteiger partial charge < -0.3 is 10.5 Å². The highest BCUT2D eigenvalue weighted by atomic mass is 16.5. The number of rotatable bonds is 2. The van der Waals surface area contributed by atoms with E-state index in [9.17, 15) is 0 Å². The van der Waals surface area contributed by atoms with E-state index in [1.807, 2.05) is 12.4 Å². The van der Waals surface area contributed by atoms with Crippen molar-refractivity contribution in [1.82, 2.24) is 4.98 Å². The van der Waals surface area contributed by atoms with Crippen molar-refractivity contribution in [3.05, 3.63) is 29.1 Å². The largest absolute Gasteiger partial charge is 0.376 e. The SMILES string of the molecule is NCCc1cncc2c1CCOC2. The fourth-order valence-corrected chi connectivity index (χ4v) is 1.75. The molecule has 0 saturated heterocycles. The summed E-state index contributed by atoms with van der Waals surface area (Å²) >= 11 is 0. The normalized spacial score (nSPS) is 15.5. The summed E-state index contributed by atoms with van der Waals surface area (Å²) in [5.41, 5.74) is 9.47. The molecule has 0 unspecified atom stereocenters. The Labute approximate surface area is 77.9 Å². The van der Waals surface area contributed by atoms with Crippen LogP contribution in [0.5, 0.6) is 0 Å². The minimum Gasteiger partial charge on any atom is -0.376 e. The quantitative estimate of drug-likeness (QED) is 0.723. The Bertz CT molecular complexity index is 299. The molecular weight excluding hydrogens is 164 g/mol. The molecule has 1 aromatic rings. The first-order valence-electron chi connectivity index (χ1n) is 4.64. The smallest absolute Gasteiger partial charge is 0.0734 e. The fraction of sp³-hybridized carbons (Fsp3) is 0.500. The molecule has 2 N–H and O–H groups in total. The van der Waals surface area contributed by atoms with Crippen LogP contribution in [-0.2, 0) is 24.2 Å². The molecule has 2 heterocycles. The van der Waals surface area contributed by atoms with Crippen LogP contribution >= 0.6 is 0 Å². The number of nitrogens with two attached hydrogens (primary N) is 1. The number of hydrogen-bond acceptors (Lipinski definition) is 3. The summed E-state index contributed by atoms with van der Waals surface area (Å²) < 4.78 is 5.36. The second-order valence-electron chi connectivity index (χ2n) is 3.28. The van der Waals surface area contributed by atoms with Crippen molar-refractivity contribution in [2.45, 2.75) is 19.4 Å². The third kappa shape index (κ3) is 1.71. The number of ether oxygens (including phenoxy) is 1. The van der Waals surface area contributed by atoms with Gasteiger partial charge in [-0.25, -0.2) is 0 Å². The van der Waals surface area contributed by atoms with Crippen LogP contribution in [0.15, 0.2) is 12.4 Å². The molecule has 1 aliphatic rings. The molecule has 0 aliphatic carbocycles. The number of pyridine rings is 1. The zero-order valence-electron chi connectivity index (χ0n) is 7.62. The topological polar surface area (TPSA) is 48.1 Å². The van der Waals surface area contributed by atoms with Crippen LogP contribution in [0, 0.1) is 0 Å². The van der Waals surface area contributed by atoms with E-state index in [0.717, 1.165) is 19.4 Å². The van der Waals surface area contributed by atoms with Crippen molar-refractivity contribution < 1.29 is 4.74 Å². The van der Waals surface area contributed by atoms with Crippen LogP contribution in [0.3, 0.4) is 0 Å². The van der Waals surface area contributed by atoms with Crippen LogP contribution in [0.4, 0.5) is 0 Å². The Morgan fingerprint density at radius 2 is 2.38 bits per heavy atom. The standard InChI is InChI=1S/C10H14N2O/c11-3-1-8-5-12-6-9-7-13-4-2-10(8)9/h5-6H,1-4,7,11H2. The predicted octanol–water partition coefficient (Wildman–Crippen LogP) is 0.655. The van der Waals surface area contributed by atoms with E-state index in [1.54, 1.807) is 0 Å². The van der Waals surface area contributed by atoms with E-state index >= 15 is 0 Å². The van der Waals surface area contributed by atoms with Gasteiger partial charge in [-0.3, -0.25) is 4.98 Å². The van der Waals surface area contributed by atoms with Gasteiger partial charge in [0, 0.05) is 12.4 Å². The maximum absolute atomic E-state index is 5.53. The molecule has 2 rings (SSSR count). The maximum atomic E-state index is 5.53. The zero-order chi connectivity index (χ0) is 9.10. The molecule has 3 nitrogen and oxygen atoms in total. The number of hydrogen-bond donors (Lipinski definition) is 1. The second-order valence-corrected chi connectivity index (χ2v) is 3.28. The highest BCUT2D eigenvalue weighted by Gasteiger charge is 2.12. The lowest BCUT2D eigenvalue weighted by Gasteiger charge is -2.18. The van der Waals surface area contributed by atoms with E-state index in [4.69, 9.17) is 10.5 Å². The lowest BCUT2D eigenvalue weighted by Crippen LogP contribution is -2.14. The monoisotopic (exact) mass is 178 g/mol. The summed E-state index contributed by atoms with van der Waals surface area (Å²) in [5, 5.41) is 0. The molecule has 0 amide bonds. The predicted molar refractivity (Wildman–Crippen MR) is 50.4 cm³/mol. The Kier molecular flexibility index (Phi) is 2.57. The van der Waals surface area contributed by atoms with Crippen molar-refractivity contribution in [2.24, 2.45) is 5.73 Å². The maximum Gasteiger partial charge on any atom is 0.0734 e. The highest BCUT2D eigenvalue weighted by molar-refractivity contribution is 5.33. The Balaban J connectivity index is 2.34. The van der Waals surface area contributed by atoms with Crippen molar-refractivity contribution in [1.29, 1.82) is 0 Å². The van der Waals surface area contributed by atoms with Gasteiger partial charge in [-0.05, 0) is 36.1 Å². The lowest BCUT2D eigenvalue weighted by molar-refractivity contribution is 0.110. The van der Waals surface area contributed by atoms with E-state index in [-0.39, 0.29) is 0 Å². The number of nitrogens with zero attached hydrogens (tertiary/aromatic N) is 1. The van der Waals surface area contributed by atoms with Gasteiger partial charge in [-0.1, -0.05) is 0 Å². The first kappa shape index (κ1) is 8.66. The summed E-state index contributed by atoms with van der Waals surface area (Å²) in [4.78, 5) is 4.18. The third-order valence-electron chi connectivity index (χ3n) is 2.40. The second kappa shape index (κ2) is 3.85. The van der Waals surface area contributed by atoms with Crippen molar-refractivity contribution in [3.63, 3.8) is 0 Å². The fourth-order valence-electron chi connectivity index (χ4n) is 1.75. The van der Waals surface area contributed by atoms with Crippen LogP contribution in [0.25, 0.3) is 0 Å². The summed E-state index contributed by atoms with van der Waals surface area (Å²) in [5.74, 6) is 0. The van der Waals surface area contributed by atoms with Gasteiger partial charge in [-0.2, -0.15) is 0 Å². The highest BCUT2D eigenvalue weighted by Crippen LogP contribution is 2.19. The van der Waals surface area contributed by atoms with Crippen LogP contribution in [-0.4, -0.2) is 18.1 Å². The molecule has 0 bridgehead atoms. The molecule has 70 valence electrons. The molecule has 0 atom stereocenters. The Morgan fingerprint density at radius 3 is 3.23 bits per heavy atom. The van der Waals surface area contributed by atoms with Crippen molar-refractivity contribution >= 4 is 0 Å². The van der Waals surface area contributed by atoms with Gasteiger partial charge in [0.05, 0.1) is 13.2 Å². The molecule has 1 aliphatic heterocycles. The van der Waals surface area contributed by atoms with Gasteiger partial charge in [0.1, 0.15) is 0 Å². The Hall–Kier alpha value is -0.930. The molecule has 13 heavy (non-hydrogen) atoms. The molecule has 0 radical (unpaired) electrons. The minimum absolute atomic E-state index is 0.693. The van der Waals surface area contributed by atoms with Crippen LogP contribution in [0.1, 0.15) is 16.7 Å². The summed E-state index contributed by atoms with van der Waals surface area (Å²) in [6, 6.07) is 0. The van der Waals surface area contributed by atoms with Crippen molar-refractivity contribution in [2.75, 3.05) is 13.2 Å². The summed E-state index contributed by atoms with van der Waals surface area (Å²) in [6.07, 6.45) is 5.76. The first-order chi connectivity index (χ1) is 6.42. The molecule has 3 heteroatoms. The van der Waals surface area contributed by atoms with E-state index in [1.165, 1.54) is 16.7 Å². The average Bonchev–Trinajstić information content (AvgIpc) is 2.19. The van der Waals surface area contributed by atoms with Crippen molar-refractivity contribution in [3.8, 4) is 0 Å². The lowest BCUT2D eigenvalue weighted by atomic mass is 9.98. The van der Waals surface area contributed by atoms with Gasteiger partial charge in [-0.15, -0.1) is 0 Å². The van der Waals surface area contributed by atoms with Gasteiger partial charge in [0.2, 0.25) is 0 Å². The van der Waals surface area contributed by atoms with Crippen LogP contribution in [0.2, 0.25) is 0 Å². The van der Waals surface area contributed by atoms with E-state index in [2.05, 4.69) is 4.98 Å². The minimum atomic E-state index is 0.693. The third-order valence-corrected chi connectivity index (χ3v) is 2.40.